The monoisotopic (exact) mass is 317 g/mol. The van der Waals surface area contributed by atoms with E-state index in [1.165, 1.54) is 0 Å². The molecule has 3 nitrogen and oxygen atoms in total. The lowest BCUT2D eigenvalue weighted by molar-refractivity contribution is 0.0699. The van der Waals surface area contributed by atoms with Crippen LogP contribution < -0.4 is 0 Å². The summed E-state index contributed by atoms with van der Waals surface area (Å²) >= 11 is 12.0. The van der Waals surface area contributed by atoms with Gasteiger partial charge in [0.1, 0.15) is 0 Å². The predicted octanol–water partition coefficient (Wildman–Crippen LogP) is 4.91. The van der Waals surface area contributed by atoms with E-state index in [1.54, 1.807) is 48.5 Å². The maximum atomic E-state index is 11.5. The Bertz CT molecular complexity index is 845. The van der Waals surface area contributed by atoms with E-state index < -0.39 is 5.97 Å². The second-order valence-electron chi connectivity index (χ2n) is 4.50. The second-order valence-corrected chi connectivity index (χ2v) is 5.35. The van der Waals surface area contributed by atoms with E-state index in [4.69, 9.17) is 23.2 Å². The highest BCUT2D eigenvalue weighted by molar-refractivity contribution is 6.35. The largest absolute Gasteiger partial charge is 0.478 e. The Morgan fingerprint density at radius 2 is 1.76 bits per heavy atom. The van der Waals surface area contributed by atoms with Crippen molar-refractivity contribution in [3.8, 4) is 11.3 Å². The summed E-state index contributed by atoms with van der Waals surface area (Å²) in [4.78, 5) is 16.0. The second kappa shape index (κ2) is 5.35. The lowest BCUT2D eigenvalue weighted by Crippen LogP contribution is -2.00. The summed E-state index contributed by atoms with van der Waals surface area (Å²) in [5.41, 5.74) is 1.98. The Kier molecular flexibility index (Phi) is 3.53. The average molecular weight is 318 g/mol. The summed E-state index contributed by atoms with van der Waals surface area (Å²) in [6, 6.07) is 13.7. The first-order chi connectivity index (χ1) is 10.1. The van der Waals surface area contributed by atoms with E-state index in [-0.39, 0.29) is 5.56 Å². The summed E-state index contributed by atoms with van der Waals surface area (Å²) in [5.74, 6) is -1.01. The number of carboxylic acid groups (broad SMARTS) is 1. The van der Waals surface area contributed by atoms with Crippen molar-refractivity contribution in [1.29, 1.82) is 0 Å². The topological polar surface area (TPSA) is 50.2 Å². The molecule has 0 bridgehead atoms. The van der Waals surface area contributed by atoms with Crippen LogP contribution in [0.3, 0.4) is 0 Å². The third-order valence-electron chi connectivity index (χ3n) is 3.16. The molecule has 0 amide bonds. The molecule has 104 valence electrons. The van der Waals surface area contributed by atoms with Gasteiger partial charge in [-0.1, -0.05) is 47.5 Å². The maximum Gasteiger partial charge on any atom is 0.336 e. The van der Waals surface area contributed by atoms with Gasteiger partial charge in [-0.15, -0.1) is 0 Å². The van der Waals surface area contributed by atoms with Crippen LogP contribution in [-0.2, 0) is 0 Å². The van der Waals surface area contributed by atoms with Gasteiger partial charge in [-0.05, 0) is 24.3 Å². The molecule has 0 aliphatic carbocycles. The summed E-state index contributed by atoms with van der Waals surface area (Å²) in [6.45, 7) is 0. The molecule has 2 aromatic carbocycles. The van der Waals surface area contributed by atoms with E-state index in [2.05, 4.69) is 4.98 Å². The number of pyridine rings is 1. The number of benzene rings is 2. The molecule has 0 unspecified atom stereocenters. The first kappa shape index (κ1) is 13.9. The molecule has 3 rings (SSSR count). The molecule has 21 heavy (non-hydrogen) atoms. The van der Waals surface area contributed by atoms with Crippen molar-refractivity contribution in [3.05, 3.63) is 64.1 Å². The zero-order chi connectivity index (χ0) is 15.0. The molecule has 0 fully saturated rings. The van der Waals surface area contributed by atoms with Crippen molar-refractivity contribution in [3.63, 3.8) is 0 Å². The molecule has 0 aliphatic heterocycles. The van der Waals surface area contributed by atoms with Gasteiger partial charge in [0.15, 0.2) is 0 Å². The molecule has 0 atom stereocenters. The maximum absolute atomic E-state index is 11.5. The lowest BCUT2D eigenvalue weighted by atomic mass is 10.0. The third kappa shape index (κ3) is 2.58. The van der Waals surface area contributed by atoms with Gasteiger partial charge in [0, 0.05) is 16.0 Å². The molecule has 1 heterocycles. The van der Waals surface area contributed by atoms with Crippen LogP contribution in [0.5, 0.6) is 0 Å². The Morgan fingerprint density at radius 3 is 2.43 bits per heavy atom. The van der Waals surface area contributed by atoms with Crippen molar-refractivity contribution in [1.82, 2.24) is 4.98 Å². The molecule has 0 saturated carbocycles. The predicted molar refractivity (Wildman–Crippen MR) is 84.2 cm³/mol. The lowest BCUT2D eigenvalue weighted by Gasteiger charge is -2.08. The fourth-order valence-electron chi connectivity index (χ4n) is 2.16. The molecule has 3 aromatic rings. The fourth-order valence-corrected chi connectivity index (χ4v) is 2.50. The highest BCUT2D eigenvalue weighted by Crippen LogP contribution is 2.29. The highest BCUT2D eigenvalue weighted by atomic mass is 35.5. The number of para-hydroxylation sites is 1. The summed E-state index contributed by atoms with van der Waals surface area (Å²) < 4.78 is 0. The van der Waals surface area contributed by atoms with Crippen LogP contribution in [0.15, 0.2) is 48.5 Å². The van der Waals surface area contributed by atoms with E-state index in [0.717, 1.165) is 5.56 Å². The number of carboxylic acids is 1. The van der Waals surface area contributed by atoms with E-state index >= 15 is 0 Å². The number of fused-ring (bicyclic) bond motifs is 1. The SMILES string of the molecule is O=C(O)c1cc(-c2ccc(Cl)cc2)nc2c(Cl)cccc12. The van der Waals surface area contributed by atoms with Gasteiger partial charge in [-0.25, -0.2) is 9.78 Å². The number of hydrogen-bond acceptors (Lipinski definition) is 2. The summed E-state index contributed by atoms with van der Waals surface area (Å²) in [7, 11) is 0. The highest BCUT2D eigenvalue weighted by Gasteiger charge is 2.14. The van der Waals surface area contributed by atoms with E-state index in [0.29, 0.717) is 26.6 Å². The normalized spacial score (nSPS) is 10.8. The molecule has 0 spiro atoms. The minimum absolute atomic E-state index is 0.174. The Morgan fingerprint density at radius 1 is 1.05 bits per heavy atom. The van der Waals surface area contributed by atoms with Crippen molar-refractivity contribution >= 4 is 40.1 Å². The van der Waals surface area contributed by atoms with Gasteiger partial charge in [-0.3, -0.25) is 0 Å². The van der Waals surface area contributed by atoms with Crippen LogP contribution in [0.4, 0.5) is 0 Å². The molecule has 1 aromatic heterocycles. The van der Waals surface area contributed by atoms with Crippen LogP contribution >= 0.6 is 23.2 Å². The molecular weight excluding hydrogens is 309 g/mol. The summed E-state index contributed by atoms with van der Waals surface area (Å²) in [5, 5.41) is 10.9. The molecule has 0 aliphatic rings. The molecule has 5 heteroatoms. The average Bonchev–Trinajstić information content (AvgIpc) is 2.47. The fraction of sp³-hybridized carbons (Fsp3) is 0. The summed E-state index contributed by atoms with van der Waals surface area (Å²) in [6.07, 6.45) is 0. The first-order valence-electron chi connectivity index (χ1n) is 6.15. The van der Waals surface area contributed by atoms with Gasteiger partial charge in [0.2, 0.25) is 0 Å². The minimum atomic E-state index is -1.01. The van der Waals surface area contributed by atoms with Crippen molar-refractivity contribution in [2.24, 2.45) is 0 Å². The molecule has 0 radical (unpaired) electrons. The van der Waals surface area contributed by atoms with Crippen LogP contribution in [0, 0.1) is 0 Å². The van der Waals surface area contributed by atoms with Crippen LogP contribution in [-0.4, -0.2) is 16.1 Å². The zero-order valence-corrected chi connectivity index (χ0v) is 12.2. The molecule has 1 N–H and O–H groups in total. The minimum Gasteiger partial charge on any atom is -0.478 e. The number of aromatic carboxylic acids is 1. The van der Waals surface area contributed by atoms with Gasteiger partial charge in [0.25, 0.3) is 0 Å². The number of rotatable bonds is 2. The van der Waals surface area contributed by atoms with Crippen LogP contribution in [0.1, 0.15) is 10.4 Å². The van der Waals surface area contributed by atoms with Crippen molar-refractivity contribution in [2.45, 2.75) is 0 Å². The molecular formula is C16H9Cl2NO2. The number of aromatic nitrogens is 1. The van der Waals surface area contributed by atoms with Gasteiger partial charge in [-0.2, -0.15) is 0 Å². The number of carbonyl (C=O) groups is 1. The van der Waals surface area contributed by atoms with E-state index in [1.807, 2.05) is 0 Å². The first-order valence-corrected chi connectivity index (χ1v) is 6.90. The number of halogens is 2. The van der Waals surface area contributed by atoms with Crippen LogP contribution in [0.25, 0.3) is 22.2 Å². The smallest absolute Gasteiger partial charge is 0.336 e. The van der Waals surface area contributed by atoms with Gasteiger partial charge >= 0.3 is 5.97 Å². The number of hydrogen-bond donors (Lipinski definition) is 1. The quantitative estimate of drug-likeness (QED) is 0.730. The Hall–Kier alpha value is -2.10. The number of nitrogens with zero attached hydrogens (tertiary/aromatic N) is 1. The van der Waals surface area contributed by atoms with Crippen molar-refractivity contribution in [2.75, 3.05) is 0 Å². The van der Waals surface area contributed by atoms with E-state index in [9.17, 15) is 9.90 Å². The third-order valence-corrected chi connectivity index (χ3v) is 3.72. The zero-order valence-electron chi connectivity index (χ0n) is 10.7. The van der Waals surface area contributed by atoms with Crippen LogP contribution in [0.2, 0.25) is 10.0 Å². The van der Waals surface area contributed by atoms with Gasteiger partial charge in [0.05, 0.1) is 21.8 Å². The standard InChI is InChI=1S/C16H9Cl2NO2/c17-10-6-4-9(5-7-10)14-8-12(16(20)21)11-2-1-3-13(18)15(11)19-14/h1-8H,(H,20,21). The molecule has 0 saturated heterocycles. The van der Waals surface area contributed by atoms with Gasteiger partial charge < -0.3 is 5.11 Å². The Balaban J connectivity index is 2.32. The Labute approximate surface area is 130 Å². The van der Waals surface area contributed by atoms with Crippen molar-refractivity contribution < 1.29 is 9.90 Å².